The van der Waals surface area contributed by atoms with Crippen LogP contribution in [0.4, 0.5) is 16.2 Å². The van der Waals surface area contributed by atoms with Crippen LogP contribution in [0.25, 0.3) is 0 Å². The molecule has 1 aromatic rings. The molecule has 0 bridgehead atoms. The molecular weight excluding hydrogens is 336 g/mol. The molecule has 2 saturated heterocycles. The predicted molar refractivity (Wildman–Crippen MR) is 96.7 cm³/mol. The third-order valence-corrected chi connectivity index (χ3v) is 4.87. The first-order valence-electron chi connectivity index (χ1n) is 8.89. The van der Waals surface area contributed by atoms with Gasteiger partial charge < -0.3 is 25.6 Å². The summed E-state index contributed by atoms with van der Waals surface area (Å²) in [6.07, 6.45) is 1.28. The van der Waals surface area contributed by atoms with Crippen LogP contribution < -0.4 is 16.0 Å². The first kappa shape index (κ1) is 18.0. The number of ether oxygens (including phenoxy) is 1. The first-order chi connectivity index (χ1) is 12.5. The number of nitrogens with two attached hydrogens (primary N) is 1. The van der Waals surface area contributed by atoms with Crippen LogP contribution in [0, 0.1) is 5.92 Å². The number of cyclic esters (lactones) is 1. The van der Waals surface area contributed by atoms with E-state index in [1.54, 1.807) is 0 Å². The molecule has 0 aliphatic carbocycles. The Morgan fingerprint density at radius 2 is 1.92 bits per heavy atom. The summed E-state index contributed by atoms with van der Waals surface area (Å²) in [6, 6.07) is 7.61. The minimum Gasteiger partial charge on any atom is -0.448 e. The minimum absolute atomic E-state index is 0.0757. The van der Waals surface area contributed by atoms with Gasteiger partial charge in [-0.2, -0.15) is 0 Å². The standard InChI is InChI=1S/C18H24N4O4/c19-17(24)13-5-8-21(9-6-13)15-4-2-1-3-14(15)20-16(23)7-10-22-11-12-26-18(22)25/h1-4,13H,5-12H2,(H2,19,24)(H,20,23). The van der Waals surface area contributed by atoms with Crippen LogP contribution in [-0.4, -0.2) is 55.6 Å². The van der Waals surface area contributed by atoms with Crippen molar-refractivity contribution in [1.29, 1.82) is 0 Å². The summed E-state index contributed by atoms with van der Waals surface area (Å²) in [7, 11) is 0. The number of nitrogens with one attached hydrogen (secondary N) is 1. The second kappa shape index (κ2) is 8.07. The second-order valence-corrected chi connectivity index (χ2v) is 6.58. The molecule has 3 rings (SSSR count). The number of amides is 3. The molecule has 1 aromatic carbocycles. The molecule has 0 saturated carbocycles. The van der Waals surface area contributed by atoms with E-state index >= 15 is 0 Å². The van der Waals surface area contributed by atoms with Crippen LogP contribution in [-0.2, 0) is 14.3 Å². The van der Waals surface area contributed by atoms with Crippen molar-refractivity contribution in [2.45, 2.75) is 19.3 Å². The van der Waals surface area contributed by atoms with Gasteiger partial charge in [0, 0.05) is 32.0 Å². The number of anilines is 2. The lowest BCUT2D eigenvalue weighted by Gasteiger charge is -2.33. The van der Waals surface area contributed by atoms with Gasteiger partial charge in [0.2, 0.25) is 11.8 Å². The lowest BCUT2D eigenvalue weighted by Crippen LogP contribution is -2.39. The van der Waals surface area contributed by atoms with Crippen molar-refractivity contribution in [2.75, 3.05) is 43.0 Å². The summed E-state index contributed by atoms with van der Waals surface area (Å²) in [6.45, 7) is 2.69. The Bertz CT molecular complexity index is 686. The molecule has 2 aliphatic rings. The highest BCUT2D eigenvalue weighted by Crippen LogP contribution is 2.29. The summed E-state index contributed by atoms with van der Waals surface area (Å²) in [5, 5.41) is 2.93. The quantitative estimate of drug-likeness (QED) is 0.792. The number of primary amides is 1. The summed E-state index contributed by atoms with van der Waals surface area (Å²) >= 11 is 0. The topological polar surface area (TPSA) is 105 Å². The van der Waals surface area contributed by atoms with Crippen LogP contribution in [0.5, 0.6) is 0 Å². The smallest absolute Gasteiger partial charge is 0.409 e. The molecule has 0 radical (unpaired) electrons. The monoisotopic (exact) mass is 360 g/mol. The van der Waals surface area contributed by atoms with Crippen molar-refractivity contribution in [1.82, 2.24) is 4.90 Å². The zero-order chi connectivity index (χ0) is 18.5. The van der Waals surface area contributed by atoms with E-state index in [-0.39, 0.29) is 30.2 Å². The number of rotatable bonds is 6. The molecule has 8 nitrogen and oxygen atoms in total. The summed E-state index contributed by atoms with van der Waals surface area (Å²) in [4.78, 5) is 38.7. The Balaban J connectivity index is 1.57. The van der Waals surface area contributed by atoms with E-state index in [0.29, 0.717) is 32.5 Å². The highest BCUT2D eigenvalue weighted by molar-refractivity contribution is 5.94. The molecule has 140 valence electrons. The molecule has 3 amide bonds. The fourth-order valence-corrected chi connectivity index (χ4v) is 3.34. The van der Waals surface area contributed by atoms with Gasteiger partial charge in [-0.25, -0.2) is 4.79 Å². The van der Waals surface area contributed by atoms with Gasteiger partial charge in [0.15, 0.2) is 0 Å². The number of benzene rings is 1. The van der Waals surface area contributed by atoms with Crippen LogP contribution in [0.15, 0.2) is 24.3 Å². The molecule has 2 fully saturated rings. The van der Waals surface area contributed by atoms with Gasteiger partial charge in [0.1, 0.15) is 6.61 Å². The summed E-state index contributed by atoms with van der Waals surface area (Å²) in [5.74, 6) is -0.468. The van der Waals surface area contributed by atoms with E-state index in [1.807, 2.05) is 24.3 Å². The van der Waals surface area contributed by atoms with Crippen LogP contribution in [0.1, 0.15) is 19.3 Å². The molecule has 2 heterocycles. The number of piperidine rings is 1. The minimum atomic E-state index is -0.365. The summed E-state index contributed by atoms with van der Waals surface area (Å²) in [5.41, 5.74) is 7.06. The highest BCUT2D eigenvalue weighted by atomic mass is 16.6. The third kappa shape index (κ3) is 4.25. The Morgan fingerprint density at radius 1 is 1.19 bits per heavy atom. The van der Waals surface area contributed by atoms with Crippen molar-refractivity contribution < 1.29 is 19.1 Å². The SMILES string of the molecule is NC(=O)C1CCN(c2ccccc2NC(=O)CCN2CCOC2=O)CC1. The van der Waals surface area contributed by atoms with E-state index in [1.165, 1.54) is 4.90 Å². The van der Waals surface area contributed by atoms with Gasteiger partial charge in [-0.1, -0.05) is 12.1 Å². The van der Waals surface area contributed by atoms with Crippen molar-refractivity contribution in [3.05, 3.63) is 24.3 Å². The number of hydrogen-bond acceptors (Lipinski definition) is 5. The van der Waals surface area contributed by atoms with Gasteiger partial charge in [-0.15, -0.1) is 0 Å². The number of carbonyl (C=O) groups excluding carboxylic acids is 3. The molecule has 8 heteroatoms. The van der Waals surface area contributed by atoms with E-state index in [0.717, 1.165) is 24.5 Å². The Hall–Kier alpha value is -2.77. The Morgan fingerprint density at radius 3 is 2.58 bits per heavy atom. The fraction of sp³-hybridized carbons (Fsp3) is 0.500. The average molecular weight is 360 g/mol. The normalized spacial score (nSPS) is 17.9. The van der Waals surface area contributed by atoms with Crippen molar-refractivity contribution >= 4 is 29.3 Å². The molecule has 3 N–H and O–H groups in total. The van der Waals surface area contributed by atoms with Gasteiger partial charge >= 0.3 is 6.09 Å². The fourth-order valence-electron chi connectivity index (χ4n) is 3.34. The number of nitrogens with zero attached hydrogens (tertiary/aromatic N) is 2. The van der Waals surface area contributed by atoms with Gasteiger partial charge in [0.05, 0.1) is 17.9 Å². The van der Waals surface area contributed by atoms with E-state index in [4.69, 9.17) is 10.5 Å². The zero-order valence-corrected chi connectivity index (χ0v) is 14.6. The van der Waals surface area contributed by atoms with E-state index < -0.39 is 0 Å². The maximum atomic E-state index is 12.3. The Kier molecular flexibility index (Phi) is 5.60. The van der Waals surface area contributed by atoms with E-state index in [9.17, 15) is 14.4 Å². The largest absolute Gasteiger partial charge is 0.448 e. The molecule has 26 heavy (non-hydrogen) atoms. The molecule has 0 atom stereocenters. The van der Waals surface area contributed by atoms with Crippen molar-refractivity contribution in [3.8, 4) is 0 Å². The second-order valence-electron chi connectivity index (χ2n) is 6.58. The zero-order valence-electron chi connectivity index (χ0n) is 14.6. The van der Waals surface area contributed by atoms with E-state index in [2.05, 4.69) is 10.2 Å². The third-order valence-electron chi connectivity index (χ3n) is 4.87. The number of hydrogen-bond donors (Lipinski definition) is 2. The van der Waals surface area contributed by atoms with Gasteiger partial charge in [-0.05, 0) is 25.0 Å². The molecule has 0 unspecified atom stereocenters. The molecular formula is C18H24N4O4. The molecule has 0 aromatic heterocycles. The van der Waals surface area contributed by atoms with Crippen LogP contribution in [0.3, 0.4) is 0 Å². The maximum absolute atomic E-state index is 12.3. The lowest BCUT2D eigenvalue weighted by atomic mass is 9.96. The van der Waals surface area contributed by atoms with Crippen LogP contribution >= 0.6 is 0 Å². The lowest BCUT2D eigenvalue weighted by molar-refractivity contribution is -0.122. The van der Waals surface area contributed by atoms with Crippen molar-refractivity contribution in [3.63, 3.8) is 0 Å². The summed E-state index contributed by atoms with van der Waals surface area (Å²) < 4.78 is 4.86. The number of para-hydroxylation sites is 2. The van der Waals surface area contributed by atoms with Crippen LogP contribution in [0.2, 0.25) is 0 Å². The van der Waals surface area contributed by atoms with Gasteiger partial charge in [-0.3, -0.25) is 9.59 Å². The van der Waals surface area contributed by atoms with Gasteiger partial charge in [0.25, 0.3) is 0 Å². The average Bonchev–Trinajstić information content (AvgIpc) is 3.05. The van der Waals surface area contributed by atoms with Crippen molar-refractivity contribution in [2.24, 2.45) is 11.7 Å². The Labute approximate surface area is 152 Å². The maximum Gasteiger partial charge on any atom is 0.409 e. The predicted octanol–water partition coefficient (Wildman–Crippen LogP) is 1.17. The molecule has 2 aliphatic heterocycles. The highest BCUT2D eigenvalue weighted by Gasteiger charge is 2.25. The number of carbonyl (C=O) groups is 3. The molecule has 0 spiro atoms. The first-order valence-corrected chi connectivity index (χ1v) is 8.89.